The van der Waals surface area contributed by atoms with E-state index in [1.807, 2.05) is 0 Å². The molecule has 0 unspecified atom stereocenters. The molecule has 1 rings (SSSR count). The molecule has 0 aliphatic carbocycles. The molecule has 0 N–H and O–H groups in total. The van der Waals surface area contributed by atoms with Crippen molar-refractivity contribution in [2.45, 2.75) is 0 Å². The van der Waals surface area contributed by atoms with Gasteiger partial charge in [-0.25, -0.2) is 0 Å². The highest BCUT2D eigenvalue weighted by Gasteiger charge is 2.17. The van der Waals surface area contributed by atoms with Crippen molar-refractivity contribution in [3.05, 3.63) is 18.0 Å². The maximum absolute atomic E-state index is 11.4. The highest BCUT2D eigenvalue weighted by atomic mass is 16.5. The Labute approximate surface area is 80.4 Å². The summed E-state index contributed by atoms with van der Waals surface area (Å²) < 4.78 is 9.05. The number of hydrogen-bond acceptors (Lipinski definition) is 5. The van der Waals surface area contributed by atoms with Crippen LogP contribution in [0, 0.1) is 0 Å². The topological polar surface area (TPSA) is 72.6 Å². The van der Waals surface area contributed by atoms with Crippen LogP contribution in [0.5, 0.6) is 0 Å². The molecule has 1 aromatic heterocycles. The van der Waals surface area contributed by atoms with E-state index in [1.54, 1.807) is 0 Å². The van der Waals surface area contributed by atoms with Gasteiger partial charge in [-0.1, -0.05) is 5.16 Å². The first kappa shape index (κ1) is 10.2. The second-order valence-corrected chi connectivity index (χ2v) is 2.61. The van der Waals surface area contributed by atoms with Crippen LogP contribution < -0.4 is 0 Å². The number of carbonyl (C=O) groups is 2. The first-order valence-corrected chi connectivity index (χ1v) is 3.88. The zero-order chi connectivity index (χ0) is 10.6. The molecule has 0 saturated carbocycles. The van der Waals surface area contributed by atoms with Crippen LogP contribution in [0.25, 0.3) is 0 Å². The number of carbonyl (C=O) groups excluding carboxylic acids is 2. The maximum Gasteiger partial charge on any atom is 0.325 e. The molecule has 0 bridgehead atoms. The molecule has 0 radical (unpaired) electrons. The van der Waals surface area contributed by atoms with E-state index in [0.717, 1.165) is 0 Å². The smallest absolute Gasteiger partial charge is 0.325 e. The van der Waals surface area contributed by atoms with Gasteiger partial charge in [-0.15, -0.1) is 0 Å². The lowest BCUT2D eigenvalue weighted by molar-refractivity contribution is -0.141. The number of esters is 1. The monoisotopic (exact) mass is 198 g/mol. The maximum atomic E-state index is 11.4. The highest BCUT2D eigenvalue weighted by Crippen LogP contribution is 2.01. The van der Waals surface area contributed by atoms with Crippen molar-refractivity contribution in [2.75, 3.05) is 20.7 Å². The average Bonchev–Trinajstić information content (AvgIpc) is 2.69. The molecule has 0 aliphatic heterocycles. The molecule has 1 amide bonds. The lowest BCUT2D eigenvalue weighted by Gasteiger charge is -2.12. The summed E-state index contributed by atoms with van der Waals surface area (Å²) in [6, 6.07) is 1.43. The van der Waals surface area contributed by atoms with Crippen LogP contribution in [0.1, 0.15) is 10.6 Å². The normalized spacial score (nSPS) is 9.57. The molecular weight excluding hydrogens is 188 g/mol. The van der Waals surface area contributed by atoms with Crippen molar-refractivity contribution in [1.82, 2.24) is 10.1 Å². The molecule has 0 saturated heterocycles. The van der Waals surface area contributed by atoms with Gasteiger partial charge in [0.05, 0.1) is 13.3 Å². The van der Waals surface area contributed by atoms with E-state index in [1.165, 1.54) is 31.3 Å². The number of hydrogen-bond donors (Lipinski definition) is 0. The second kappa shape index (κ2) is 4.40. The van der Waals surface area contributed by atoms with Crippen molar-refractivity contribution in [3.63, 3.8) is 0 Å². The number of aromatic nitrogens is 1. The van der Waals surface area contributed by atoms with Crippen LogP contribution in [0.3, 0.4) is 0 Å². The predicted molar refractivity (Wildman–Crippen MR) is 45.5 cm³/mol. The fourth-order valence-electron chi connectivity index (χ4n) is 0.844. The largest absolute Gasteiger partial charge is 0.468 e. The van der Waals surface area contributed by atoms with E-state index in [2.05, 4.69) is 14.4 Å². The van der Waals surface area contributed by atoms with E-state index >= 15 is 0 Å². The zero-order valence-corrected chi connectivity index (χ0v) is 7.89. The van der Waals surface area contributed by atoms with Gasteiger partial charge in [-0.05, 0) is 0 Å². The number of ether oxygens (including phenoxy) is 1. The summed E-state index contributed by atoms with van der Waals surface area (Å²) in [7, 11) is 2.73. The minimum Gasteiger partial charge on any atom is -0.468 e. The average molecular weight is 198 g/mol. The Morgan fingerprint density at radius 2 is 2.36 bits per heavy atom. The number of nitrogens with zero attached hydrogens (tertiary/aromatic N) is 2. The standard InChI is InChI=1S/C8H10N2O4/c1-10(5-7(11)13-2)8(12)6-3-4-9-14-6/h3-4H,5H2,1-2H3. The fourth-order valence-corrected chi connectivity index (χ4v) is 0.844. The fraction of sp³-hybridized carbons (Fsp3) is 0.375. The van der Waals surface area contributed by atoms with Crippen LogP contribution in [-0.4, -0.2) is 42.6 Å². The first-order chi connectivity index (χ1) is 6.65. The molecule has 1 aromatic rings. The molecule has 6 nitrogen and oxygen atoms in total. The van der Waals surface area contributed by atoms with Gasteiger partial charge in [0.25, 0.3) is 5.91 Å². The predicted octanol–water partition coefficient (Wildman–Crippen LogP) is -0.0804. The third-order valence-corrected chi connectivity index (χ3v) is 1.59. The van der Waals surface area contributed by atoms with Gasteiger partial charge >= 0.3 is 5.97 Å². The van der Waals surface area contributed by atoms with Crippen LogP contribution in [-0.2, 0) is 9.53 Å². The van der Waals surface area contributed by atoms with Crippen LogP contribution in [0.2, 0.25) is 0 Å². The van der Waals surface area contributed by atoms with Gasteiger partial charge in [0.1, 0.15) is 6.54 Å². The lowest BCUT2D eigenvalue weighted by atomic mass is 10.4. The van der Waals surface area contributed by atoms with E-state index in [4.69, 9.17) is 0 Å². The summed E-state index contributed by atoms with van der Waals surface area (Å²) >= 11 is 0. The second-order valence-electron chi connectivity index (χ2n) is 2.61. The molecule has 0 spiro atoms. The number of amides is 1. The van der Waals surface area contributed by atoms with E-state index in [-0.39, 0.29) is 12.3 Å². The van der Waals surface area contributed by atoms with Gasteiger partial charge in [0.15, 0.2) is 0 Å². The molecule has 14 heavy (non-hydrogen) atoms. The summed E-state index contributed by atoms with van der Waals surface area (Å²) in [5, 5.41) is 3.39. The minimum atomic E-state index is -0.486. The summed E-state index contributed by atoms with van der Waals surface area (Å²) in [5.74, 6) is -0.801. The van der Waals surface area contributed by atoms with E-state index in [9.17, 15) is 9.59 Å². The van der Waals surface area contributed by atoms with Crippen LogP contribution >= 0.6 is 0 Å². The first-order valence-electron chi connectivity index (χ1n) is 3.88. The Morgan fingerprint density at radius 3 is 2.86 bits per heavy atom. The summed E-state index contributed by atoms with van der Waals surface area (Å²) in [5.41, 5.74) is 0. The third-order valence-electron chi connectivity index (χ3n) is 1.59. The number of likely N-dealkylation sites (N-methyl/N-ethyl adjacent to an activating group) is 1. The Kier molecular flexibility index (Phi) is 3.22. The third kappa shape index (κ3) is 2.32. The molecule has 76 valence electrons. The van der Waals surface area contributed by atoms with Gasteiger partial charge in [-0.3, -0.25) is 9.59 Å². The highest BCUT2D eigenvalue weighted by molar-refractivity contribution is 5.93. The minimum absolute atomic E-state index is 0.0939. The number of rotatable bonds is 3. The Bertz CT molecular complexity index is 320. The van der Waals surface area contributed by atoms with E-state index in [0.29, 0.717) is 0 Å². The Morgan fingerprint density at radius 1 is 1.64 bits per heavy atom. The van der Waals surface area contributed by atoms with E-state index < -0.39 is 11.9 Å². The van der Waals surface area contributed by atoms with Crippen molar-refractivity contribution < 1.29 is 18.8 Å². The Balaban J connectivity index is 2.58. The van der Waals surface area contributed by atoms with Gasteiger partial charge in [0, 0.05) is 13.1 Å². The van der Waals surface area contributed by atoms with Gasteiger partial charge < -0.3 is 14.2 Å². The molecular formula is C8H10N2O4. The molecule has 0 aromatic carbocycles. The Hall–Kier alpha value is -1.85. The van der Waals surface area contributed by atoms with Crippen LogP contribution in [0.4, 0.5) is 0 Å². The summed E-state index contributed by atoms with van der Waals surface area (Å²) in [6.07, 6.45) is 1.36. The molecule has 0 aliphatic rings. The molecule has 1 heterocycles. The van der Waals surface area contributed by atoms with Crippen LogP contribution in [0.15, 0.2) is 16.8 Å². The quantitative estimate of drug-likeness (QED) is 0.635. The zero-order valence-electron chi connectivity index (χ0n) is 7.89. The van der Waals surface area contributed by atoms with Crippen molar-refractivity contribution in [1.29, 1.82) is 0 Å². The lowest BCUT2D eigenvalue weighted by Crippen LogP contribution is -2.32. The molecule has 6 heteroatoms. The van der Waals surface area contributed by atoms with Crippen molar-refractivity contribution in [2.24, 2.45) is 0 Å². The number of methoxy groups -OCH3 is 1. The van der Waals surface area contributed by atoms with Gasteiger partial charge in [0.2, 0.25) is 5.76 Å². The summed E-state index contributed by atoms with van der Waals surface area (Å²) in [6.45, 7) is -0.115. The van der Waals surface area contributed by atoms with Crippen molar-refractivity contribution in [3.8, 4) is 0 Å². The van der Waals surface area contributed by atoms with Crippen molar-refractivity contribution >= 4 is 11.9 Å². The molecule has 0 atom stereocenters. The van der Waals surface area contributed by atoms with Gasteiger partial charge in [-0.2, -0.15) is 0 Å². The molecule has 0 fully saturated rings. The SMILES string of the molecule is COC(=O)CN(C)C(=O)c1ccno1. The summed E-state index contributed by atoms with van der Waals surface area (Å²) in [4.78, 5) is 23.5.